The normalized spacial score (nSPS) is 11.7. The van der Waals surface area contributed by atoms with E-state index in [9.17, 15) is 18.0 Å². The summed E-state index contributed by atoms with van der Waals surface area (Å²) in [6.07, 6.45) is 1.11. The molecule has 0 fully saturated rings. The summed E-state index contributed by atoms with van der Waals surface area (Å²) in [7, 11) is -4.13. The predicted molar refractivity (Wildman–Crippen MR) is 115 cm³/mol. The van der Waals surface area contributed by atoms with Crippen LogP contribution < -0.4 is 5.32 Å². The van der Waals surface area contributed by atoms with E-state index < -0.39 is 26.5 Å². The van der Waals surface area contributed by atoms with Gasteiger partial charge in [0.25, 0.3) is 0 Å². The van der Waals surface area contributed by atoms with E-state index in [1.807, 2.05) is 0 Å². The smallest absolute Gasteiger partial charge is 0.335 e. The predicted octanol–water partition coefficient (Wildman–Crippen LogP) is 4.65. The number of carbonyl (C=O) groups excluding carboxylic acids is 1. The van der Waals surface area contributed by atoms with Gasteiger partial charge in [0.1, 0.15) is 4.91 Å². The number of nitrogens with one attached hydrogen (secondary N) is 1. The number of allylic oxidation sites excluding steroid dienone is 1. The molecule has 0 saturated carbocycles. The molecule has 3 aromatic carbocycles. The number of hydrogen-bond acceptors (Lipinski definition) is 5. The van der Waals surface area contributed by atoms with E-state index in [0.29, 0.717) is 10.7 Å². The number of Topliss-reactive ketones (excluding diaryl/α,β-unsaturated/α-hetero) is 1. The lowest BCUT2D eigenvalue weighted by Crippen LogP contribution is -2.16. The molecule has 0 unspecified atom stereocenters. The fraction of sp³-hybridized carbons (Fsp3) is 0. The third kappa shape index (κ3) is 4.76. The molecule has 6 nitrogen and oxygen atoms in total. The van der Waals surface area contributed by atoms with Gasteiger partial charge in [-0.25, -0.2) is 13.2 Å². The molecule has 30 heavy (non-hydrogen) atoms. The first-order chi connectivity index (χ1) is 14.3. The van der Waals surface area contributed by atoms with Gasteiger partial charge in [0.05, 0.1) is 10.5 Å². The lowest BCUT2D eigenvalue weighted by Gasteiger charge is -2.10. The molecule has 0 aromatic heterocycles. The number of carbonyl (C=O) groups is 2. The second kappa shape index (κ2) is 8.94. The summed E-state index contributed by atoms with van der Waals surface area (Å²) in [6.45, 7) is 0. The summed E-state index contributed by atoms with van der Waals surface area (Å²) in [6, 6.07) is 19.2. The monoisotopic (exact) mass is 441 g/mol. The lowest BCUT2D eigenvalue weighted by atomic mass is 10.1. The van der Waals surface area contributed by atoms with Crippen molar-refractivity contribution in [2.45, 2.75) is 4.90 Å². The molecule has 0 aliphatic rings. The largest absolute Gasteiger partial charge is 0.478 e. The van der Waals surface area contributed by atoms with Gasteiger partial charge < -0.3 is 10.4 Å². The van der Waals surface area contributed by atoms with Crippen molar-refractivity contribution in [2.24, 2.45) is 0 Å². The average Bonchev–Trinajstić information content (AvgIpc) is 2.75. The molecular formula is C22H16ClNO5S. The maximum Gasteiger partial charge on any atom is 0.335 e. The fourth-order valence-corrected chi connectivity index (χ4v) is 4.06. The highest BCUT2D eigenvalue weighted by molar-refractivity contribution is 7.96. The molecule has 3 rings (SSSR count). The van der Waals surface area contributed by atoms with Gasteiger partial charge in [0, 0.05) is 22.5 Å². The van der Waals surface area contributed by atoms with Crippen molar-refractivity contribution < 1.29 is 23.1 Å². The van der Waals surface area contributed by atoms with Crippen LogP contribution >= 0.6 is 11.6 Å². The van der Waals surface area contributed by atoms with Crippen molar-refractivity contribution >= 4 is 38.9 Å². The SMILES string of the molecule is O=C(O)c1ccc(N/C=C(\C(=O)c2ccc(Cl)cc2)S(=O)(=O)c2ccccc2)cc1. The van der Waals surface area contributed by atoms with E-state index in [1.54, 1.807) is 18.2 Å². The third-order valence-corrected chi connectivity index (χ3v) is 6.20. The average molecular weight is 442 g/mol. The second-order valence-corrected chi connectivity index (χ2v) is 8.54. The van der Waals surface area contributed by atoms with Crippen LogP contribution in [0.2, 0.25) is 5.02 Å². The topological polar surface area (TPSA) is 101 Å². The molecule has 0 atom stereocenters. The maximum atomic E-state index is 13.1. The van der Waals surface area contributed by atoms with E-state index in [2.05, 4.69) is 5.32 Å². The van der Waals surface area contributed by atoms with E-state index >= 15 is 0 Å². The molecule has 152 valence electrons. The minimum atomic E-state index is -4.13. The van der Waals surface area contributed by atoms with E-state index in [0.717, 1.165) is 6.20 Å². The number of carboxylic acid groups (broad SMARTS) is 1. The molecule has 0 heterocycles. The number of benzene rings is 3. The van der Waals surface area contributed by atoms with Crippen LogP contribution in [0, 0.1) is 0 Å². The highest BCUT2D eigenvalue weighted by atomic mass is 35.5. The summed E-state index contributed by atoms with van der Waals surface area (Å²) in [5.74, 6) is -1.78. The first-order valence-electron chi connectivity index (χ1n) is 8.69. The van der Waals surface area contributed by atoms with Gasteiger partial charge in [0.15, 0.2) is 0 Å². The van der Waals surface area contributed by atoms with Crippen molar-refractivity contribution in [3.63, 3.8) is 0 Å². The van der Waals surface area contributed by atoms with Crippen molar-refractivity contribution in [3.05, 3.63) is 106 Å². The Morgan fingerprint density at radius 1 is 0.833 bits per heavy atom. The van der Waals surface area contributed by atoms with Crippen LogP contribution in [-0.4, -0.2) is 25.3 Å². The highest BCUT2D eigenvalue weighted by Crippen LogP contribution is 2.24. The van der Waals surface area contributed by atoms with Crippen LogP contribution in [0.4, 0.5) is 5.69 Å². The summed E-state index contributed by atoms with van der Waals surface area (Å²) in [5, 5.41) is 12.2. The van der Waals surface area contributed by atoms with Gasteiger partial charge in [0.2, 0.25) is 15.6 Å². The molecule has 8 heteroatoms. The number of ketones is 1. The summed E-state index contributed by atoms with van der Waals surface area (Å²) in [5.41, 5.74) is 0.664. The Balaban J connectivity index is 2.02. The van der Waals surface area contributed by atoms with Gasteiger partial charge >= 0.3 is 5.97 Å². The van der Waals surface area contributed by atoms with E-state index in [1.165, 1.54) is 60.7 Å². The van der Waals surface area contributed by atoms with Gasteiger partial charge in [-0.15, -0.1) is 0 Å². The van der Waals surface area contributed by atoms with E-state index in [4.69, 9.17) is 16.7 Å². The number of anilines is 1. The number of aromatic carboxylic acids is 1. The Labute approximate surface area is 178 Å². The van der Waals surface area contributed by atoms with Crippen molar-refractivity contribution in [3.8, 4) is 0 Å². The zero-order valence-corrected chi connectivity index (χ0v) is 17.0. The lowest BCUT2D eigenvalue weighted by molar-refractivity contribution is 0.0696. The van der Waals surface area contributed by atoms with Crippen molar-refractivity contribution in [1.82, 2.24) is 0 Å². The minimum absolute atomic E-state index is 0.0263. The number of rotatable bonds is 7. The van der Waals surface area contributed by atoms with Crippen LogP contribution in [0.5, 0.6) is 0 Å². The molecule has 3 aromatic rings. The Morgan fingerprint density at radius 2 is 1.40 bits per heavy atom. The van der Waals surface area contributed by atoms with Gasteiger partial charge in [-0.1, -0.05) is 29.8 Å². The van der Waals surface area contributed by atoms with Crippen LogP contribution in [0.25, 0.3) is 0 Å². The third-order valence-electron chi connectivity index (χ3n) is 4.18. The standard InChI is InChI=1S/C22H16ClNO5S/c23-17-10-6-15(7-11-17)21(25)20(30(28,29)19-4-2-1-3-5-19)14-24-18-12-8-16(9-13-18)22(26)27/h1-14,24H,(H,26,27)/b20-14+. The number of hydrogen-bond donors (Lipinski definition) is 2. The Hall–Kier alpha value is -3.42. The minimum Gasteiger partial charge on any atom is -0.478 e. The number of halogens is 1. The molecule has 0 aliphatic heterocycles. The highest BCUT2D eigenvalue weighted by Gasteiger charge is 2.28. The van der Waals surface area contributed by atoms with Crippen LogP contribution in [0.1, 0.15) is 20.7 Å². The van der Waals surface area contributed by atoms with Crippen molar-refractivity contribution in [1.29, 1.82) is 0 Å². The van der Waals surface area contributed by atoms with Crippen LogP contribution in [0.3, 0.4) is 0 Å². The van der Waals surface area contributed by atoms with Gasteiger partial charge in [-0.2, -0.15) is 0 Å². The van der Waals surface area contributed by atoms with Crippen LogP contribution in [-0.2, 0) is 9.84 Å². The Bertz CT molecular complexity index is 1200. The van der Waals surface area contributed by atoms with E-state index in [-0.39, 0.29) is 16.0 Å². The zero-order valence-electron chi connectivity index (χ0n) is 15.4. The maximum absolute atomic E-state index is 13.1. The van der Waals surface area contributed by atoms with Gasteiger partial charge in [-0.05, 0) is 60.7 Å². The van der Waals surface area contributed by atoms with Gasteiger partial charge in [-0.3, -0.25) is 4.79 Å². The fourth-order valence-electron chi connectivity index (χ4n) is 2.59. The molecule has 2 N–H and O–H groups in total. The summed E-state index contributed by atoms with van der Waals surface area (Å²) in [4.78, 5) is 23.5. The number of carboxylic acids is 1. The molecule has 0 spiro atoms. The molecule has 0 aliphatic carbocycles. The molecule has 0 radical (unpaired) electrons. The first kappa shape index (κ1) is 21.3. The quantitative estimate of drug-likeness (QED) is 0.409. The molecule has 0 saturated heterocycles. The summed E-state index contributed by atoms with van der Waals surface area (Å²) >= 11 is 5.86. The Kier molecular flexibility index (Phi) is 6.34. The first-order valence-corrected chi connectivity index (χ1v) is 10.6. The van der Waals surface area contributed by atoms with Crippen molar-refractivity contribution in [2.75, 3.05) is 5.32 Å². The molecular weight excluding hydrogens is 426 g/mol. The number of sulfone groups is 1. The Morgan fingerprint density at radius 3 is 1.97 bits per heavy atom. The molecule has 0 bridgehead atoms. The molecule has 0 amide bonds. The van der Waals surface area contributed by atoms with Crippen LogP contribution in [0.15, 0.2) is 94.9 Å². The second-order valence-electron chi connectivity index (χ2n) is 6.19. The summed E-state index contributed by atoms with van der Waals surface area (Å²) < 4.78 is 26.3. The zero-order chi connectivity index (χ0) is 21.7.